The second-order valence-corrected chi connectivity index (χ2v) is 4.76. The number of rotatable bonds is 7. The molecule has 0 aliphatic carbocycles. The van der Waals surface area contributed by atoms with E-state index in [0.717, 1.165) is 11.8 Å². The van der Waals surface area contributed by atoms with Crippen molar-refractivity contribution in [1.82, 2.24) is 5.32 Å². The molecule has 0 rings (SSSR count). The van der Waals surface area contributed by atoms with E-state index < -0.39 is 6.04 Å². The first-order valence-corrected chi connectivity index (χ1v) is 6.54. The van der Waals surface area contributed by atoms with Crippen LogP contribution < -0.4 is 5.32 Å². The van der Waals surface area contributed by atoms with E-state index in [1.807, 2.05) is 0 Å². The monoisotopic (exact) mass is 265 g/mol. The van der Waals surface area contributed by atoms with Crippen molar-refractivity contribution in [2.45, 2.75) is 32.7 Å². The number of hydrogen-bond acceptors (Lipinski definition) is 4. The van der Waals surface area contributed by atoms with Gasteiger partial charge in [-0.2, -0.15) is 0 Å². The first-order chi connectivity index (χ1) is 7.51. The van der Waals surface area contributed by atoms with Crippen molar-refractivity contribution in [1.29, 1.82) is 0 Å². The Bertz CT molecular complexity index is 271. The largest absolute Gasteiger partial charge is 0.346 e. The van der Waals surface area contributed by atoms with Crippen LogP contribution >= 0.6 is 23.4 Å². The third-order valence-electron chi connectivity index (χ3n) is 1.90. The average Bonchev–Trinajstić information content (AvgIpc) is 2.24. The first kappa shape index (κ1) is 15.4. The molecule has 1 atom stereocenters. The van der Waals surface area contributed by atoms with Crippen LogP contribution in [0.15, 0.2) is 0 Å². The highest BCUT2D eigenvalue weighted by Crippen LogP contribution is 2.04. The second kappa shape index (κ2) is 8.58. The molecule has 0 spiro atoms. The number of carbonyl (C=O) groups excluding carboxylic acids is 3. The van der Waals surface area contributed by atoms with Gasteiger partial charge in [0.25, 0.3) is 0 Å². The minimum atomic E-state index is -0.507. The van der Waals surface area contributed by atoms with Gasteiger partial charge in [-0.3, -0.25) is 14.4 Å². The molecule has 92 valence electrons. The van der Waals surface area contributed by atoms with Crippen LogP contribution in [0, 0.1) is 0 Å². The minimum Gasteiger partial charge on any atom is -0.346 e. The van der Waals surface area contributed by atoms with Crippen molar-refractivity contribution in [2.75, 3.05) is 11.6 Å². The zero-order valence-corrected chi connectivity index (χ0v) is 11.0. The molecule has 6 heteroatoms. The summed E-state index contributed by atoms with van der Waals surface area (Å²) >= 11 is 6.50. The van der Waals surface area contributed by atoms with E-state index >= 15 is 0 Å². The molecule has 0 aliphatic rings. The number of carbonyl (C=O) groups is 3. The minimum absolute atomic E-state index is 0.0170. The smallest absolute Gasteiger partial charge is 0.221 e. The van der Waals surface area contributed by atoms with Crippen molar-refractivity contribution >= 4 is 40.2 Å². The van der Waals surface area contributed by atoms with E-state index in [2.05, 4.69) is 5.32 Å². The highest BCUT2D eigenvalue weighted by atomic mass is 35.5. The van der Waals surface area contributed by atoms with Gasteiger partial charge >= 0.3 is 0 Å². The number of halogens is 1. The molecule has 0 saturated heterocycles. The predicted octanol–water partition coefficient (Wildman–Crippen LogP) is 1.36. The van der Waals surface area contributed by atoms with Crippen LogP contribution in [0.4, 0.5) is 0 Å². The van der Waals surface area contributed by atoms with E-state index in [1.165, 1.54) is 6.92 Å². The van der Waals surface area contributed by atoms with Crippen LogP contribution in [-0.2, 0) is 14.4 Å². The summed E-state index contributed by atoms with van der Waals surface area (Å²) in [5, 5.41) is 2.58. The van der Waals surface area contributed by atoms with Gasteiger partial charge in [0, 0.05) is 19.1 Å². The normalized spacial score (nSPS) is 11.9. The molecule has 0 fully saturated rings. The Labute approximate surface area is 104 Å². The Hall–Kier alpha value is -0.550. The fourth-order valence-electron chi connectivity index (χ4n) is 1.06. The van der Waals surface area contributed by atoms with Crippen LogP contribution in [0.2, 0.25) is 0 Å². The number of ketones is 1. The topological polar surface area (TPSA) is 63.2 Å². The Balaban J connectivity index is 3.92. The third-order valence-corrected chi connectivity index (χ3v) is 2.98. The van der Waals surface area contributed by atoms with E-state index in [1.54, 1.807) is 6.92 Å². The van der Waals surface area contributed by atoms with Gasteiger partial charge < -0.3 is 5.32 Å². The molecule has 0 bridgehead atoms. The van der Waals surface area contributed by atoms with Crippen LogP contribution in [0.1, 0.15) is 26.7 Å². The summed E-state index contributed by atoms with van der Waals surface area (Å²) in [7, 11) is 0. The molecule has 16 heavy (non-hydrogen) atoms. The second-order valence-electron chi connectivity index (χ2n) is 3.22. The maximum absolute atomic E-state index is 11.4. The Kier molecular flexibility index (Phi) is 8.29. The Morgan fingerprint density at radius 2 is 2.00 bits per heavy atom. The Morgan fingerprint density at radius 3 is 2.44 bits per heavy atom. The lowest BCUT2D eigenvalue weighted by atomic mass is 10.1. The lowest BCUT2D eigenvalue weighted by molar-refractivity contribution is -0.126. The number of hydrogen-bond donors (Lipinski definition) is 1. The quantitative estimate of drug-likeness (QED) is 0.706. The van der Waals surface area contributed by atoms with Crippen molar-refractivity contribution in [3.05, 3.63) is 0 Å². The van der Waals surface area contributed by atoms with Gasteiger partial charge in [-0.25, -0.2) is 0 Å². The van der Waals surface area contributed by atoms with E-state index in [-0.39, 0.29) is 29.1 Å². The van der Waals surface area contributed by atoms with E-state index in [4.69, 9.17) is 11.6 Å². The SMILES string of the molecule is CCC(NC(=O)CCSC(C)=O)C(=O)CCl. The zero-order valence-electron chi connectivity index (χ0n) is 9.42. The van der Waals surface area contributed by atoms with E-state index in [9.17, 15) is 14.4 Å². The standard InChI is InChI=1S/C10H16ClNO3S/c1-3-8(9(14)6-11)12-10(15)4-5-16-7(2)13/h8H,3-6H2,1-2H3,(H,12,15). The summed E-state index contributed by atoms with van der Waals surface area (Å²) in [5.74, 6) is -0.0657. The summed E-state index contributed by atoms with van der Waals surface area (Å²) in [4.78, 5) is 33.3. The number of amides is 1. The molecule has 4 nitrogen and oxygen atoms in total. The zero-order chi connectivity index (χ0) is 12.6. The van der Waals surface area contributed by atoms with Gasteiger partial charge in [0.1, 0.15) is 0 Å². The molecule has 0 aliphatic heterocycles. The molecular formula is C10H16ClNO3S. The average molecular weight is 266 g/mol. The summed E-state index contributed by atoms with van der Waals surface area (Å²) < 4.78 is 0. The summed E-state index contributed by atoms with van der Waals surface area (Å²) in [6.45, 7) is 3.26. The molecule has 1 unspecified atom stereocenters. The summed E-state index contributed by atoms with van der Waals surface area (Å²) in [6, 6.07) is -0.507. The van der Waals surface area contributed by atoms with Crippen molar-refractivity contribution in [3.63, 3.8) is 0 Å². The number of Topliss-reactive ketones (excluding diaryl/α,β-unsaturated/α-hetero) is 1. The predicted molar refractivity (Wildman–Crippen MR) is 65.7 cm³/mol. The molecule has 0 aromatic heterocycles. The molecule has 0 heterocycles. The van der Waals surface area contributed by atoms with Gasteiger partial charge in [0.05, 0.1) is 11.9 Å². The van der Waals surface area contributed by atoms with Gasteiger partial charge in [0.2, 0.25) is 5.91 Å². The van der Waals surface area contributed by atoms with Crippen molar-refractivity contribution < 1.29 is 14.4 Å². The third kappa shape index (κ3) is 6.85. The van der Waals surface area contributed by atoms with E-state index in [0.29, 0.717) is 12.2 Å². The fraction of sp³-hybridized carbons (Fsp3) is 0.700. The summed E-state index contributed by atoms with van der Waals surface area (Å²) in [5.41, 5.74) is 0. The molecule has 0 radical (unpaired) electrons. The highest BCUT2D eigenvalue weighted by molar-refractivity contribution is 8.13. The van der Waals surface area contributed by atoms with Crippen molar-refractivity contribution in [2.24, 2.45) is 0 Å². The molecular weight excluding hydrogens is 250 g/mol. The maximum Gasteiger partial charge on any atom is 0.221 e. The molecule has 1 amide bonds. The lowest BCUT2D eigenvalue weighted by Gasteiger charge is -2.14. The maximum atomic E-state index is 11.4. The van der Waals surface area contributed by atoms with Gasteiger partial charge in [-0.1, -0.05) is 18.7 Å². The molecule has 0 aromatic carbocycles. The van der Waals surface area contributed by atoms with Crippen LogP contribution in [0.5, 0.6) is 0 Å². The van der Waals surface area contributed by atoms with Crippen LogP contribution in [0.3, 0.4) is 0 Å². The van der Waals surface area contributed by atoms with Gasteiger partial charge in [-0.05, 0) is 6.42 Å². The van der Waals surface area contributed by atoms with Gasteiger partial charge in [0.15, 0.2) is 10.9 Å². The first-order valence-electron chi connectivity index (χ1n) is 5.02. The van der Waals surface area contributed by atoms with Crippen molar-refractivity contribution in [3.8, 4) is 0 Å². The number of thioether (sulfide) groups is 1. The summed E-state index contributed by atoms with van der Waals surface area (Å²) in [6.07, 6.45) is 0.757. The van der Waals surface area contributed by atoms with Crippen LogP contribution in [-0.4, -0.2) is 34.5 Å². The van der Waals surface area contributed by atoms with Gasteiger partial charge in [-0.15, -0.1) is 11.6 Å². The number of alkyl halides is 1. The lowest BCUT2D eigenvalue weighted by Crippen LogP contribution is -2.41. The fourth-order valence-corrected chi connectivity index (χ4v) is 1.82. The molecule has 0 aromatic rings. The molecule has 1 N–H and O–H groups in total. The number of nitrogens with one attached hydrogen (secondary N) is 1. The Morgan fingerprint density at radius 1 is 1.38 bits per heavy atom. The van der Waals surface area contributed by atoms with Crippen LogP contribution in [0.25, 0.3) is 0 Å². The molecule has 0 saturated carbocycles. The highest BCUT2D eigenvalue weighted by Gasteiger charge is 2.17.